The van der Waals surface area contributed by atoms with Gasteiger partial charge in [0.2, 0.25) is 6.41 Å². The second-order valence-corrected chi connectivity index (χ2v) is 3.42. The summed E-state index contributed by atoms with van der Waals surface area (Å²) < 4.78 is 13.0. The third-order valence-electron chi connectivity index (χ3n) is 2.38. The minimum Gasteiger partial charge on any atom is -0.418 e. The Balaban J connectivity index is 0.00000144. The first-order chi connectivity index (χ1) is 7.86. The molecule has 3 nitrogen and oxygen atoms in total. The van der Waals surface area contributed by atoms with E-state index in [0.29, 0.717) is 13.2 Å². The normalized spacial score (nSPS) is 10.8. The van der Waals surface area contributed by atoms with Crippen LogP contribution >= 0.6 is 0 Å². The molecule has 0 unspecified atom stereocenters. The topological polar surface area (TPSA) is 23.4 Å². The molecule has 0 saturated carbocycles. The van der Waals surface area contributed by atoms with Gasteiger partial charge < -0.3 is 14.0 Å². The number of aromatic nitrogens is 1. The van der Waals surface area contributed by atoms with Gasteiger partial charge in [-0.2, -0.15) is 11.5 Å². The van der Waals surface area contributed by atoms with Crippen molar-refractivity contribution in [2.45, 2.75) is 20.3 Å². The van der Waals surface area contributed by atoms with Crippen molar-refractivity contribution in [2.75, 3.05) is 13.2 Å². The summed E-state index contributed by atoms with van der Waals surface area (Å²) in [4.78, 5) is 0. The number of benzene rings is 1. The number of nitrogens with zero attached hydrogens (tertiary/aromatic N) is 1. The van der Waals surface area contributed by atoms with E-state index in [2.05, 4.69) is 12.3 Å². The van der Waals surface area contributed by atoms with Gasteiger partial charge in [0.25, 0.3) is 0 Å². The maximum atomic E-state index is 5.54. The minimum atomic E-state index is -0.380. The zero-order valence-electron chi connectivity index (χ0n) is 10.6. The molecule has 0 saturated heterocycles. The van der Waals surface area contributed by atoms with E-state index in [1.807, 2.05) is 42.7 Å². The van der Waals surface area contributed by atoms with Gasteiger partial charge >= 0.3 is 18.9 Å². The monoisotopic (exact) mass is 225 g/mol. The molecular formula is C13H16LiNO2. The SMILES string of the molecule is CCOC(OCC)n1[c-]cc2ccccc21.[Li+]. The van der Waals surface area contributed by atoms with Gasteiger partial charge in [0.05, 0.1) is 0 Å². The Kier molecular flexibility index (Phi) is 5.80. The summed E-state index contributed by atoms with van der Waals surface area (Å²) in [6.07, 6.45) is 2.77. The van der Waals surface area contributed by atoms with Crippen molar-refractivity contribution in [3.8, 4) is 0 Å². The van der Waals surface area contributed by atoms with Crippen LogP contribution in [0.4, 0.5) is 0 Å². The van der Waals surface area contributed by atoms with Crippen LogP contribution in [0, 0.1) is 6.20 Å². The Hall–Kier alpha value is -0.723. The summed E-state index contributed by atoms with van der Waals surface area (Å²) in [6.45, 7) is 5.14. The van der Waals surface area contributed by atoms with E-state index in [-0.39, 0.29) is 25.3 Å². The average Bonchev–Trinajstić information content (AvgIpc) is 2.72. The van der Waals surface area contributed by atoms with E-state index in [4.69, 9.17) is 9.47 Å². The van der Waals surface area contributed by atoms with Crippen molar-refractivity contribution in [3.63, 3.8) is 0 Å². The molecule has 0 aliphatic rings. The third kappa shape index (κ3) is 3.14. The van der Waals surface area contributed by atoms with Gasteiger partial charge in [-0.15, -0.1) is 17.6 Å². The fraction of sp³-hybridized carbons (Fsp3) is 0.385. The molecule has 1 heterocycles. The standard InChI is InChI=1S/C13H16NO2.Li/c1-3-15-13(16-4-2)14-10-9-11-7-5-6-8-12(11)14;/h5-9,13H,3-4H2,1-2H3;/q-1;+1. The summed E-state index contributed by atoms with van der Waals surface area (Å²) >= 11 is 0. The van der Waals surface area contributed by atoms with E-state index in [9.17, 15) is 0 Å². The maximum absolute atomic E-state index is 5.54. The molecule has 86 valence electrons. The second kappa shape index (κ2) is 6.88. The molecule has 0 bridgehead atoms. The quantitative estimate of drug-likeness (QED) is 0.405. The Morgan fingerprint density at radius 1 is 1.18 bits per heavy atom. The number of hydrogen-bond acceptors (Lipinski definition) is 2. The molecule has 0 amide bonds. The van der Waals surface area contributed by atoms with E-state index >= 15 is 0 Å². The summed E-state index contributed by atoms with van der Waals surface area (Å²) in [5.41, 5.74) is 1.08. The molecule has 0 aliphatic carbocycles. The van der Waals surface area contributed by atoms with Gasteiger partial charge in [0.1, 0.15) is 0 Å². The van der Waals surface area contributed by atoms with E-state index in [0.717, 1.165) is 10.9 Å². The number of ether oxygens (including phenoxy) is 2. The first-order valence-electron chi connectivity index (χ1n) is 5.57. The Morgan fingerprint density at radius 2 is 1.82 bits per heavy atom. The number of para-hydroxylation sites is 1. The van der Waals surface area contributed by atoms with Gasteiger partial charge in [0, 0.05) is 13.2 Å². The van der Waals surface area contributed by atoms with Gasteiger partial charge in [-0.3, -0.25) is 0 Å². The minimum absolute atomic E-state index is 0. The summed E-state index contributed by atoms with van der Waals surface area (Å²) in [6, 6.07) is 10.0. The largest absolute Gasteiger partial charge is 1.00 e. The van der Waals surface area contributed by atoms with Crippen LogP contribution in [0.1, 0.15) is 20.3 Å². The molecule has 0 aliphatic heterocycles. The van der Waals surface area contributed by atoms with E-state index in [1.165, 1.54) is 0 Å². The van der Waals surface area contributed by atoms with Gasteiger partial charge in [-0.1, -0.05) is 18.3 Å². The summed E-state index contributed by atoms with van der Waals surface area (Å²) in [7, 11) is 0. The van der Waals surface area contributed by atoms with Crippen LogP contribution < -0.4 is 18.9 Å². The first kappa shape index (κ1) is 14.3. The van der Waals surface area contributed by atoms with Crippen molar-refractivity contribution < 1.29 is 28.3 Å². The van der Waals surface area contributed by atoms with Crippen LogP contribution in [0.3, 0.4) is 0 Å². The predicted molar refractivity (Wildman–Crippen MR) is 63.1 cm³/mol. The molecule has 1 aromatic carbocycles. The molecule has 0 fully saturated rings. The molecule has 0 N–H and O–H groups in total. The first-order valence-corrected chi connectivity index (χ1v) is 5.57. The average molecular weight is 225 g/mol. The number of hydrogen-bond donors (Lipinski definition) is 0. The van der Waals surface area contributed by atoms with Crippen LogP contribution in [0.5, 0.6) is 0 Å². The van der Waals surface area contributed by atoms with Crippen molar-refractivity contribution in [3.05, 3.63) is 36.5 Å². The van der Waals surface area contributed by atoms with E-state index in [1.54, 1.807) is 0 Å². The Bertz CT molecular complexity index is 449. The molecule has 0 atom stereocenters. The van der Waals surface area contributed by atoms with Crippen LogP contribution in [0.25, 0.3) is 10.9 Å². The van der Waals surface area contributed by atoms with Crippen molar-refractivity contribution in [1.29, 1.82) is 0 Å². The van der Waals surface area contributed by atoms with E-state index < -0.39 is 0 Å². The zero-order valence-corrected chi connectivity index (χ0v) is 10.6. The molecule has 1 aromatic heterocycles. The fourth-order valence-corrected chi connectivity index (χ4v) is 1.69. The fourth-order valence-electron chi connectivity index (χ4n) is 1.69. The van der Waals surface area contributed by atoms with Gasteiger partial charge in [-0.05, 0) is 13.8 Å². The summed E-state index contributed by atoms with van der Waals surface area (Å²) in [5, 5.41) is 1.15. The molecular weight excluding hydrogens is 209 g/mol. The molecule has 0 spiro atoms. The van der Waals surface area contributed by atoms with Crippen LogP contribution in [-0.2, 0) is 9.47 Å². The molecule has 0 radical (unpaired) electrons. The molecule has 4 heteroatoms. The molecule has 2 aromatic rings. The Labute approximate surface area is 114 Å². The Morgan fingerprint density at radius 3 is 2.47 bits per heavy atom. The van der Waals surface area contributed by atoms with Crippen LogP contribution in [-0.4, -0.2) is 17.8 Å². The van der Waals surface area contributed by atoms with Crippen LogP contribution in [0.2, 0.25) is 0 Å². The number of rotatable bonds is 5. The maximum Gasteiger partial charge on any atom is 1.00 e. The smallest absolute Gasteiger partial charge is 0.418 e. The van der Waals surface area contributed by atoms with Crippen molar-refractivity contribution in [1.82, 2.24) is 4.57 Å². The van der Waals surface area contributed by atoms with Gasteiger partial charge in [0.15, 0.2) is 0 Å². The van der Waals surface area contributed by atoms with Crippen LogP contribution in [0.15, 0.2) is 30.3 Å². The van der Waals surface area contributed by atoms with Crippen molar-refractivity contribution >= 4 is 10.9 Å². The zero-order chi connectivity index (χ0) is 11.4. The summed E-state index contributed by atoms with van der Waals surface area (Å²) in [5.74, 6) is 0. The van der Waals surface area contributed by atoms with Gasteiger partial charge in [-0.25, -0.2) is 0 Å². The molecule has 2 rings (SSSR count). The third-order valence-corrected chi connectivity index (χ3v) is 2.38. The predicted octanol–water partition coefficient (Wildman–Crippen LogP) is -0.0254. The second-order valence-electron chi connectivity index (χ2n) is 3.42. The van der Waals surface area contributed by atoms with Crippen molar-refractivity contribution in [2.24, 2.45) is 0 Å². The molecule has 17 heavy (non-hydrogen) atoms. The number of fused-ring (bicyclic) bond motifs is 1.